The second kappa shape index (κ2) is 5.12. The number of phenols is 1. The highest BCUT2D eigenvalue weighted by Gasteiger charge is 2.17. The average Bonchev–Trinajstić information content (AvgIpc) is 2.38. The van der Waals surface area contributed by atoms with Gasteiger partial charge < -0.3 is 10.8 Å². The standard InChI is InChI=1S/C13H14N4O3/c1-3-10-12(7(2)15-13(14)16-10)9-5-4-8(17(19)20)6-11(9)18/h4-6,18H,3H2,1-2H3,(H2,14,15,16). The molecular weight excluding hydrogens is 260 g/mol. The number of phenolic OH excluding ortho intramolecular Hbond substituents is 1. The fourth-order valence-electron chi connectivity index (χ4n) is 2.11. The SMILES string of the molecule is CCc1nc(N)nc(C)c1-c1ccc([N+](=O)[O-])cc1O. The van der Waals surface area contributed by atoms with Crippen LogP contribution in [0.4, 0.5) is 11.6 Å². The summed E-state index contributed by atoms with van der Waals surface area (Å²) in [6, 6.07) is 3.95. The van der Waals surface area contributed by atoms with Crippen molar-refractivity contribution in [3.63, 3.8) is 0 Å². The van der Waals surface area contributed by atoms with Crippen molar-refractivity contribution in [3.8, 4) is 16.9 Å². The van der Waals surface area contributed by atoms with Crippen molar-refractivity contribution in [2.75, 3.05) is 5.73 Å². The fraction of sp³-hybridized carbons (Fsp3) is 0.231. The molecule has 1 heterocycles. The number of rotatable bonds is 3. The van der Waals surface area contributed by atoms with E-state index in [-0.39, 0.29) is 17.4 Å². The predicted octanol–water partition coefficient (Wildman–Crippen LogP) is 2.21. The van der Waals surface area contributed by atoms with Crippen LogP contribution in [-0.4, -0.2) is 20.0 Å². The van der Waals surface area contributed by atoms with Gasteiger partial charge >= 0.3 is 0 Å². The minimum atomic E-state index is -0.559. The number of hydrogen-bond donors (Lipinski definition) is 2. The van der Waals surface area contributed by atoms with Crippen LogP contribution >= 0.6 is 0 Å². The zero-order valence-electron chi connectivity index (χ0n) is 11.1. The number of anilines is 1. The van der Waals surface area contributed by atoms with Crippen molar-refractivity contribution in [1.82, 2.24) is 9.97 Å². The molecule has 7 heteroatoms. The molecule has 0 spiro atoms. The van der Waals surface area contributed by atoms with Gasteiger partial charge in [0.2, 0.25) is 5.95 Å². The van der Waals surface area contributed by atoms with Gasteiger partial charge in [0.05, 0.1) is 22.4 Å². The van der Waals surface area contributed by atoms with Crippen LogP contribution in [0.25, 0.3) is 11.1 Å². The summed E-state index contributed by atoms with van der Waals surface area (Å²) in [6.07, 6.45) is 0.610. The van der Waals surface area contributed by atoms with Crippen molar-refractivity contribution in [2.24, 2.45) is 0 Å². The molecule has 0 aliphatic heterocycles. The van der Waals surface area contributed by atoms with E-state index in [0.29, 0.717) is 28.9 Å². The third-order valence-electron chi connectivity index (χ3n) is 2.98. The van der Waals surface area contributed by atoms with E-state index >= 15 is 0 Å². The molecule has 1 aromatic carbocycles. The van der Waals surface area contributed by atoms with E-state index in [1.54, 1.807) is 6.92 Å². The largest absolute Gasteiger partial charge is 0.507 e. The van der Waals surface area contributed by atoms with Gasteiger partial charge in [0.1, 0.15) is 5.75 Å². The molecule has 2 rings (SSSR count). The van der Waals surface area contributed by atoms with Gasteiger partial charge in [-0.15, -0.1) is 0 Å². The molecule has 0 saturated heterocycles. The maximum Gasteiger partial charge on any atom is 0.273 e. The first-order valence-electron chi connectivity index (χ1n) is 6.04. The number of nitro benzene ring substituents is 1. The average molecular weight is 274 g/mol. The molecule has 0 bridgehead atoms. The number of aromatic hydroxyl groups is 1. The molecule has 0 atom stereocenters. The summed E-state index contributed by atoms with van der Waals surface area (Å²) in [5.74, 6) is -0.00475. The Morgan fingerprint density at radius 3 is 2.65 bits per heavy atom. The monoisotopic (exact) mass is 274 g/mol. The minimum absolute atomic E-state index is 0.168. The molecule has 3 N–H and O–H groups in total. The second-order valence-electron chi connectivity index (χ2n) is 4.30. The van der Waals surface area contributed by atoms with E-state index in [4.69, 9.17) is 5.73 Å². The number of nitrogens with two attached hydrogens (primary N) is 1. The Hall–Kier alpha value is -2.70. The van der Waals surface area contributed by atoms with Gasteiger partial charge in [-0.1, -0.05) is 6.92 Å². The Morgan fingerprint density at radius 1 is 1.40 bits per heavy atom. The summed E-state index contributed by atoms with van der Waals surface area (Å²) in [5, 5.41) is 20.7. The number of nitrogens with zero attached hydrogens (tertiary/aromatic N) is 3. The number of nitrogen functional groups attached to an aromatic ring is 1. The molecule has 2 aromatic rings. The van der Waals surface area contributed by atoms with E-state index in [1.165, 1.54) is 12.1 Å². The first-order chi connectivity index (χ1) is 9.43. The van der Waals surface area contributed by atoms with Gasteiger partial charge in [0.15, 0.2) is 0 Å². The van der Waals surface area contributed by atoms with E-state index in [0.717, 1.165) is 6.07 Å². The molecule has 0 amide bonds. The Morgan fingerprint density at radius 2 is 2.10 bits per heavy atom. The summed E-state index contributed by atoms with van der Waals surface area (Å²) in [5.41, 5.74) is 7.88. The Kier molecular flexibility index (Phi) is 3.51. The van der Waals surface area contributed by atoms with E-state index in [9.17, 15) is 15.2 Å². The van der Waals surface area contributed by atoms with Crippen LogP contribution in [-0.2, 0) is 6.42 Å². The molecule has 7 nitrogen and oxygen atoms in total. The lowest BCUT2D eigenvalue weighted by Crippen LogP contribution is -2.04. The molecule has 0 saturated carbocycles. The smallest absolute Gasteiger partial charge is 0.273 e. The normalized spacial score (nSPS) is 10.5. The fourth-order valence-corrected chi connectivity index (χ4v) is 2.11. The molecule has 0 aliphatic carbocycles. The summed E-state index contributed by atoms with van der Waals surface area (Å²) >= 11 is 0. The molecule has 0 aliphatic rings. The zero-order chi connectivity index (χ0) is 14.9. The highest BCUT2D eigenvalue weighted by molar-refractivity contribution is 5.75. The van der Waals surface area contributed by atoms with E-state index < -0.39 is 4.92 Å². The van der Waals surface area contributed by atoms with Crippen LogP contribution < -0.4 is 5.73 Å². The van der Waals surface area contributed by atoms with Crippen LogP contribution in [0.15, 0.2) is 18.2 Å². The van der Waals surface area contributed by atoms with Crippen LogP contribution in [0.2, 0.25) is 0 Å². The maximum absolute atomic E-state index is 10.7. The number of nitro groups is 1. The molecule has 0 radical (unpaired) electrons. The van der Waals surface area contributed by atoms with Gasteiger partial charge in [-0.2, -0.15) is 0 Å². The summed E-state index contributed by atoms with van der Waals surface area (Å²) in [4.78, 5) is 18.4. The molecule has 104 valence electrons. The van der Waals surface area contributed by atoms with Crippen molar-refractivity contribution in [2.45, 2.75) is 20.3 Å². The lowest BCUT2D eigenvalue weighted by atomic mass is 9.99. The lowest BCUT2D eigenvalue weighted by molar-refractivity contribution is -0.384. The van der Waals surface area contributed by atoms with Crippen LogP contribution in [0, 0.1) is 17.0 Å². The number of non-ortho nitro benzene ring substituents is 1. The Bertz CT molecular complexity index is 686. The highest BCUT2D eigenvalue weighted by Crippen LogP contribution is 2.35. The minimum Gasteiger partial charge on any atom is -0.507 e. The van der Waals surface area contributed by atoms with Gasteiger partial charge in [-0.25, -0.2) is 9.97 Å². The number of hydrogen-bond acceptors (Lipinski definition) is 6. The van der Waals surface area contributed by atoms with E-state index in [2.05, 4.69) is 9.97 Å². The molecule has 0 unspecified atom stereocenters. The summed E-state index contributed by atoms with van der Waals surface area (Å²) < 4.78 is 0. The van der Waals surface area contributed by atoms with Gasteiger partial charge in [0, 0.05) is 17.2 Å². The van der Waals surface area contributed by atoms with Crippen LogP contribution in [0.3, 0.4) is 0 Å². The zero-order valence-corrected chi connectivity index (χ0v) is 11.1. The van der Waals surface area contributed by atoms with Gasteiger partial charge in [0.25, 0.3) is 5.69 Å². The quantitative estimate of drug-likeness (QED) is 0.654. The third kappa shape index (κ3) is 2.37. The first kappa shape index (κ1) is 13.7. The summed E-state index contributed by atoms with van der Waals surface area (Å²) in [7, 11) is 0. The van der Waals surface area contributed by atoms with Crippen LogP contribution in [0.5, 0.6) is 5.75 Å². The first-order valence-corrected chi connectivity index (χ1v) is 6.04. The molecular formula is C13H14N4O3. The number of aryl methyl sites for hydroxylation is 2. The Labute approximate surface area is 115 Å². The van der Waals surface area contributed by atoms with Crippen molar-refractivity contribution >= 4 is 11.6 Å². The maximum atomic E-state index is 10.7. The number of benzene rings is 1. The predicted molar refractivity (Wildman–Crippen MR) is 74.3 cm³/mol. The topological polar surface area (TPSA) is 115 Å². The Balaban J connectivity index is 2.65. The number of aromatic nitrogens is 2. The van der Waals surface area contributed by atoms with Gasteiger partial charge in [-0.05, 0) is 19.4 Å². The molecule has 1 aromatic heterocycles. The van der Waals surface area contributed by atoms with Crippen molar-refractivity contribution < 1.29 is 10.0 Å². The van der Waals surface area contributed by atoms with E-state index in [1.807, 2.05) is 6.92 Å². The molecule has 0 fully saturated rings. The second-order valence-corrected chi connectivity index (χ2v) is 4.30. The van der Waals surface area contributed by atoms with Crippen molar-refractivity contribution in [1.29, 1.82) is 0 Å². The lowest BCUT2D eigenvalue weighted by Gasteiger charge is -2.12. The van der Waals surface area contributed by atoms with Crippen molar-refractivity contribution in [3.05, 3.63) is 39.7 Å². The van der Waals surface area contributed by atoms with Gasteiger partial charge in [-0.3, -0.25) is 10.1 Å². The summed E-state index contributed by atoms with van der Waals surface area (Å²) in [6.45, 7) is 3.67. The highest BCUT2D eigenvalue weighted by atomic mass is 16.6. The third-order valence-corrected chi connectivity index (χ3v) is 2.98. The van der Waals surface area contributed by atoms with Crippen LogP contribution in [0.1, 0.15) is 18.3 Å². The molecule has 20 heavy (non-hydrogen) atoms.